The average Bonchev–Trinajstić information content (AvgIpc) is 2.63. The maximum Gasteiger partial charge on any atom is 0.255 e. The molecule has 0 aliphatic rings. The first-order valence-corrected chi connectivity index (χ1v) is 8.48. The molecule has 0 bridgehead atoms. The van der Waals surface area contributed by atoms with Crippen molar-refractivity contribution in [3.63, 3.8) is 0 Å². The van der Waals surface area contributed by atoms with Gasteiger partial charge in [0.25, 0.3) is 5.91 Å². The van der Waals surface area contributed by atoms with E-state index in [-0.39, 0.29) is 11.8 Å². The van der Waals surface area contributed by atoms with Crippen molar-refractivity contribution in [3.8, 4) is 5.75 Å². The Morgan fingerprint density at radius 1 is 1.00 bits per heavy atom. The van der Waals surface area contributed by atoms with Gasteiger partial charge in [-0.05, 0) is 49.2 Å². The molecule has 0 fully saturated rings. The molecular formula is C20H24N2O3. The number of anilines is 2. The van der Waals surface area contributed by atoms with Crippen molar-refractivity contribution in [2.24, 2.45) is 0 Å². The van der Waals surface area contributed by atoms with Crippen LogP contribution in [-0.2, 0) is 4.79 Å². The third kappa shape index (κ3) is 5.08. The van der Waals surface area contributed by atoms with Crippen molar-refractivity contribution >= 4 is 23.2 Å². The van der Waals surface area contributed by atoms with Crippen LogP contribution in [0.15, 0.2) is 42.5 Å². The van der Waals surface area contributed by atoms with E-state index in [1.54, 1.807) is 31.2 Å². The Balaban J connectivity index is 2.15. The van der Waals surface area contributed by atoms with Gasteiger partial charge in [-0.1, -0.05) is 26.0 Å². The Labute approximate surface area is 148 Å². The lowest BCUT2D eigenvalue weighted by Gasteiger charge is -2.13. The number of rotatable bonds is 7. The molecule has 0 heterocycles. The van der Waals surface area contributed by atoms with Gasteiger partial charge in [0.15, 0.2) is 0 Å². The second-order valence-corrected chi connectivity index (χ2v) is 5.71. The smallest absolute Gasteiger partial charge is 0.255 e. The fourth-order valence-electron chi connectivity index (χ4n) is 2.29. The van der Waals surface area contributed by atoms with Crippen LogP contribution in [-0.4, -0.2) is 18.4 Å². The van der Waals surface area contributed by atoms with Crippen LogP contribution in [0.25, 0.3) is 0 Å². The van der Waals surface area contributed by atoms with Gasteiger partial charge in [0.05, 0.1) is 6.61 Å². The van der Waals surface area contributed by atoms with Gasteiger partial charge in [-0.3, -0.25) is 9.59 Å². The minimum Gasteiger partial charge on any atom is -0.494 e. The van der Waals surface area contributed by atoms with E-state index in [2.05, 4.69) is 10.6 Å². The number of nitrogens with one attached hydrogen (secondary N) is 2. The van der Waals surface area contributed by atoms with Crippen LogP contribution in [0.3, 0.4) is 0 Å². The Bertz CT molecular complexity index is 756. The first-order valence-electron chi connectivity index (χ1n) is 8.48. The number of amides is 2. The highest BCUT2D eigenvalue weighted by Gasteiger charge is 2.11. The molecule has 25 heavy (non-hydrogen) atoms. The fourth-order valence-corrected chi connectivity index (χ4v) is 2.29. The van der Waals surface area contributed by atoms with E-state index in [4.69, 9.17) is 4.74 Å². The van der Waals surface area contributed by atoms with Crippen LogP contribution in [0.5, 0.6) is 5.75 Å². The molecule has 2 rings (SSSR count). The topological polar surface area (TPSA) is 67.4 Å². The van der Waals surface area contributed by atoms with Gasteiger partial charge >= 0.3 is 0 Å². The maximum absolute atomic E-state index is 12.5. The summed E-state index contributed by atoms with van der Waals surface area (Å²) in [4.78, 5) is 24.1. The van der Waals surface area contributed by atoms with Crippen molar-refractivity contribution in [1.82, 2.24) is 0 Å². The number of carbonyl (C=O) groups is 2. The van der Waals surface area contributed by atoms with Crippen molar-refractivity contribution in [1.29, 1.82) is 0 Å². The van der Waals surface area contributed by atoms with Crippen molar-refractivity contribution < 1.29 is 14.3 Å². The number of carbonyl (C=O) groups excluding carboxylic acids is 2. The van der Waals surface area contributed by atoms with E-state index in [1.165, 1.54) is 0 Å². The Hall–Kier alpha value is -2.82. The van der Waals surface area contributed by atoms with Gasteiger partial charge in [-0.25, -0.2) is 0 Å². The van der Waals surface area contributed by atoms with E-state index in [1.807, 2.05) is 32.0 Å². The van der Waals surface area contributed by atoms with Crippen LogP contribution >= 0.6 is 0 Å². The van der Waals surface area contributed by atoms with E-state index >= 15 is 0 Å². The first kappa shape index (κ1) is 18.5. The van der Waals surface area contributed by atoms with Crippen LogP contribution in [0.4, 0.5) is 11.4 Å². The SMILES string of the molecule is CCCOc1cccc(C(=O)Nc2cccc(NC(=O)CC)c2C)c1. The molecule has 0 atom stereocenters. The third-order valence-electron chi connectivity index (χ3n) is 3.75. The van der Waals surface area contributed by atoms with E-state index in [9.17, 15) is 9.59 Å². The summed E-state index contributed by atoms with van der Waals surface area (Å²) in [5.41, 5.74) is 2.70. The molecule has 132 valence electrons. The van der Waals surface area contributed by atoms with E-state index in [0.29, 0.717) is 35.7 Å². The molecular weight excluding hydrogens is 316 g/mol. The van der Waals surface area contributed by atoms with Gasteiger partial charge in [0.2, 0.25) is 5.91 Å². The predicted octanol–water partition coefficient (Wildman–Crippen LogP) is 4.38. The molecule has 5 nitrogen and oxygen atoms in total. The van der Waals surface area contributed by atoms with Gasteiger partial charge < -0.3 is 15.4 Å². The van der Waals surface area contributed by atoms with Crippen molar-refractivity contribution in [3.05, 3.63) is 53.6 Å². The van der Waals surface area contributed by atoms with Crippen molar-refractivity contribution in [2.45, 2.75) is 33.6 Å². The first-order chi connectivity index (χ1) is 12.0. The van der Waals surface area contributed by atoms with Crippen LogP contribution < -0.4 is 15.4 Å². The van der Waals surface area contributed by atoms with Gasteiger partial charge in [-0.15, -0.1) is 0 Å². The highest BCUT2D eigenvalue weighted by Crippen LogP contribution is 2.24. The predicted molar refractivity (Wildman–Crippen MR) is 100 cm³/mol. The second kappa shape index (κ2) is 8.87. The molecule has 0 saturated heterocycles. The fraction of sp³-hybridized carbons (Fsp3) is 0.300. The van der Waals surface area contributed by atoms with Crippen LogP contribution in [0, 0.1) is 6.92 Å². The monoisotopic (exact) mass is 340 g/mol. The lowest BCUT2D eigenvalue weighted by atomic mass is 10.1. The lowest BCUT2D eigenvalue weighted by Crippen LogP contribution is -2.15. The zero-order chi connectivity index (χ0) is 18.2. The summed E-state index contributed by atoms with van der Waals surface area (Å²) in [7, 11) is 0. The molecule has 0 radical (unpaired) electrons. The van der Waals surface area contributed by atoms with E-state index < -0.39 is 0 Å². The summed E-state index contributed by atoms with van der Waals surface area (Å²) in [5, 5.41) is 5.73. The quantitative estimate of drug-likeness (QED) is 0.786. The molecule has 2 amide bonds. The Morgan fingerprint density at radius 2 is 1.68 bits per heavy atom. The molecule has 5 heteroatoms. The molecule has 0 saturated carbocycles. The molecule has 0 spiro atoms. The molecule has 2 N–H and O–H groups in total. The number of ether oxygens (including phenoxy) is 1. The summed E-state index contributed by atoms with van der Waals surface area (Å²) < 4.78 is 5.57. The average molecular weight is 340 g/mol. The summed E-state index contributed by atoms with van der Waals surface area (Å²) in [6, 6.07) is 12.5. The molecule has 2 aromatic carbocycles. The molecule has 2 aromatic rings. The molecule has 0 aliphatic carbocycles. The number of hydrogen-bond donors (Lipinski definition) is 2. The highest BCUT2D eigenvalue weighted by molar-refractivity contribution is 6.05. The highest BCUT2D eigenvalue weighted by atomic mass is 16.5. The summed E-state index contributed by atoms with van der Waals surface area (Å²) in [5.74, 6) is 0.395. The van der Waals surface area contributed by atoms with Crippen molar-refractivity contribution in [2.75, 3.05) is 17.2 Å². The van der Waals surface area contributed by atoms with Gasteiger partial charge in [0, 0.05) is 23.4 Å². The minimum atomic E-state index is -0.219. The van der Waals surface area contributed by atoms with Gasteiger partial charge in [-0.2, -0.15) is 0 Å². The summed E-state index contributed by atoms with van der Waals surface area (Å²) in [6.45, 7) is 6.30. The molecule has 0 aliphatic heterocycles. The second-order valence-electron chi connectivity index (χ2n) is 5.71. The molecule has 0 unspecified atom stereocenters. The van der Waals surface area contributed by atoms with Gasteiger partial charge in [0.1, 0.15) is 5.75 Å². The standard InChI is InChI=1S/C20H24N2O3/c1-4-12-25-16-9-6-8-15(13-16)20(24)22-18-11-7-10-17(14(18)3)21-19(23)5-2/h6-11,13H,4-5,12H2,1-3H3,(H,21,23)(H,22,24). The zero-order valence-electron chi connectivity index (χ0n) is 14.9. The largest absolute Gasteiger partial charge is 0.494 e. The minimum absolute atomic E-state index is 0.0626. The van der Waals surface area contributed by atoms with Crippen LogP contribution in [0.1, 0.15) is 42.6 Å². The normalized spacial score (nSPS) is 10.2. The summed E-state index contributed by atoms with van der Waals surface area (Å²) >= 11 is 0. The maximum atomic E-state index is 12.5. The lowest BCUT2D eigenvalue weighted by molar-refractivity contribution is -0.115. The summed E-state index contributed by atoms with van der Waals surface area (Å²) in [6.07, 6.45) is 1.31. The Morgan fingerprint density at radius 3 is 2.36 bits per heavy atom. The number of benzene rings is 2. The van der Waals surface area contributed by atoms with Crippen LogP contribution in [0.2, 0.25) is 0 Å². The zero-order valence-corrected chi connectivity index (χ0v) is 14.9. The Kier molecular flexibility index (Phi) is 6.57. The van der Waals surface area contributed by atoms with E-state index in [0.717, 1.165) is 12.0 Å². The third-order valence-corrected chi connectivity index (χ3v) is 3.75. The number of hydrogen-bond acceptors (Lipinski definition) is 3. The molecule has 0 aromatic heterocycles.